The third kappa shape index (κ3) is 7.01. The number of ether oxygens (including phenoxy) is 1. The monoisotopic (exact) mass is 1030 g/mol. The molecule has 80 heavy (non-hydrogen) atoms. The molecule has 0 amide bonds. The predicted octanol–water partition coefficient (Wildman–Crippen LogP) is 21.3. The Balaban J connectivity index is 0.740. The Bertz CT molecular complexity index is 4610. The van der Waals surface area contributed by atoms with Gasteiger partial charge in [0.15, 0.2) is 0 Å². The first-order chi connectivity index (χ1) is 39.2. The number of allylic oxidation sites excluding steroid dienone is 4. The molecular weight excluding hydrogens is 973 g/mol. The van der Waals surface area contributed by atoms with Gasteiger partial charge in [-0.05, 0) is 176 Å². The van der Waals surface area contributed by atoms with Crippen molar-refractivity contribution in [3.05, 3.63) is 271 Å². The molecule has 16 rings (SSSR count). The third-order valence-corrected chi connectivity index (χ3v) is 17.9. The van der Waals surface area contributed by atoms with Crippen LogP contribution in [0.15, 0.2) is 253 Å². The summed E-state index contributed by atoms with van der Waals surface area (Å²) in [6, 6.07) is 82.4. The molecule has 0 saturated carbocycles. The zero-order valence-corrected chi connectivity index (χ0v) is 45.2. The lowest BCUT2D eigenvalue weighted by Crippen LogP contribution is -2.17. The second kappa shape index (κ2) is 17.4. The van der Waals surface area contributed by atoms with Gasteiger partial charge in [0.25, 0.3) is 0 Å². The standard InChI is InChI=1S/C76H56N2O2/c1-75(2)65-23-13-11-20-57(65)59-38-30-49(42-67(59)75)47-26-32-53(33-27-47)77(51-16-7-5-8-17-51)55-36-40-61-64-46-72-73(63-22-15-25-69(74(63)64)79-70(61)44-55)62-41-37-56(45-71(62)80-72)78(52-18-9-6-10-19-52)54-34-28-48(29-35-54)50-31-39-60-58-21-12-14-24-66(58)76(3,4)68(60)43-50/h5-9,11-18,20-46H,10,19H2,1-4H3. The van der Waals surface area contributed by atoms with E-state index >= 15 is 0 Å². The summed E-state index contributed by atoms with van der Waals surface area (Å²) in [6.45, 7) is 9.38. The van der Waals surface area contributed by atoms with Crippen molar-refractivity contribution in [1.29, 1.82) is 0 Å². The normalized spacial score (nSPS) is 14.7. The van der Waals surface area contributed by atoms with E-state index < -0.39 is 0 Å². The first-order valence-corrected chi connectivity index (χ1v) is 28.1. The quantitative estimate of drug-likeness (QED) is 0.152. The number of rotatable bonds is 8. The second-order valence-electron chi connectivity index (χ2n) is 23.1. The maximum atomic E-state index is 7.01. The van der Waals surface area contributed by atoms with E-state index in [9.17, 15) is 0 Å². The summed E-state index contributed by atoms with van der Waals surface area (Å²) >= 11 is 0. The van der Waals surface area contributed by atoms with E-state index in [1.165, 1.54) is 72.5 Å². The highest BCUT2D eigenvalue weighted by Gasteiger charge is 2.37. The summed E-state index contributed by atoms with van der Waals surface area (Å²) in [5, 5.41) is 4.39. The van der Waals surface area contributed by atoms with Crippen LogP contribution in [-0.4, -0.2) is 0 Å². The molecule has 0 spiro atoms. The first kappa shape index (κ1) is 46.5. The fraction of sp³-hybridized carbons (Fsp3) is 0.105. The lowest BCUT2D eigenvalue weighted by atomic mass is 9.81. The predicted molar refractivity (Wildman–Crippen MR) is 332 cm³/mol. The molecule has 3 aliphatic carbocycles. The van der Waals surface area contributed by atoms with Gasteiger partial charge in [0.05, 0.1) is 0 Å². The maximum absolute atomic E-state index is 7.01. The fourth-order valence-corrected chi connectivity index (χ4v) is 13.9. The van der Waals surface area contributed by atoms with Crippen LogP contribution in [0.4, 0.5) is 28.4 Å². The molecule has 2 heterocycles. The van der Waals surface area contributed by atoms with E-state index in [4.69, 9.17) is 9.15 Å². The van der Waals surface area contributed by atoms with Gasteiger partial charge < -0.3 is 19.0 Å². The smallest absolute Gasteiger partial charge is 0.137 e. The average molecular weight is 1030 g/mol. The van der Waals surface area contributed by atoms with Gasteiger partial charge >= 0.3 is 0 Å². The molecule has 4 nitrogen and oxygen atoms in total. The SMILES string of the molecule is CC1(C)c2ccccc2-c2ccc(-c3ccc(N(C4=CC=CCC4)c4ccc5c(c4)oc4cc6c7c(cccc7c45)Oc4cc(N(c5ccccc5)c5ccc(-c7ccc8c(c7)C(C)(C)c7ccccc7-8)cc5)ccc4-6)cc3)cc21. The molecule has 0 N–H and O–H groups in total. The third-order valence-electron chi connectivity index (χ3n) is 17.9. The first-order valence-electron chi connectivity index (χ1n) is 28.1. The number of furan rings is 1. The van der Waals surface area contributed by atoms with Gasteiger partial charge in [-0.3, -0.25) is 0 Å². The summed E-state index contributed by atoms with van der Waals surface area (Å²) in [5.74, 6) is 1.65. The van der Waals surface area contributed by atoms with Crippen LogP contribution in [-0.2, 0) is 10.8 Å². The summed E-state index contributed by atoms with van der Waals surface area (Å²) in [4.78, 5) is 4.72. The van der Waals surface area contributed by atoms with E-state index in [1.54, 1.807) is 0 Å². The van der Waals surface area contributed by atoms with Crippen LogP contribution >= 0.6 is 0 Å². The summed E-state index contributed by atoms with van der Waals surface area (Å²) < 4.78 is 14.0. The Hall–Kier alpha value is -9.64. The van der Waals surface area contributed by atoms with Crippen molar-refractivity contribution in [1.82, 2.24) is 0 Å². The largest absolute Gasteiger partial charge is 0.456 e. The van der Waals surface area contributed by atoms with E-state index in [2.05, 4.69) is 280 Å². The molecule has 1 aromatic heterocycles. The Morgan fingerprint density at radius 1 is 0.362 bits per heavy atom. The molecule has 1 aliphatic heterocycles. The van der Waals surface area contributed by atoms with Crippen molar-refractivity contribution in [2.75, 3.05) is 9.80 Å². The zero-order valence-electron chi connectivity index (χ0n) is 45.2. The van der Waals surface area contributed by atoms with Gasteiger partial charge in [0.2, 0.25) is 0 Å². The summed E-state index contributed by atoms with van der Waals surface area (Å²) in [7, 11) is 0. The molecule has 0 atom stereocenters. The van der Waals surface area contributed by atoms with Gasteiger partial charge in [0, 0.05) is 84.4 Å². The highest BCUT2D eigenvalue weighted by atomic mass is 16.5. The van der Waals surface area contributed by atoms with Crippen molar-refractivity contribution < 1.29 is 9.15 Å². The van der Waals surface area contributed by atoms with Crippen molar-refractivity contribution in [2.45, 2.75) is 51.4 Å². The lowest BCUT2D eigenvalue weighted by molar-refractivity contribution is 0.487. The highest BCUT2D eigenvalue weighted by Crippen LogP contribution is 2.54. The molecule has 4 aliphatic rings. The van der Waals surface area contributed by atoms with Crippen LogP contribution in [0.1, 0.15) is 62.8 Å². The molecule has 11 aromatic carbocycles. The summed E-state index contributed by atoms with van der Waals surface area (Å²) in [5.41, 5.74) is 26.0. The van der Waals surface area contributed by atoms with Crippen LogP contribution < -0.4 is 14.5 Å². The molecule has 0 unspecified atom stereocenters. The topological polar surface area (TPSA) is 28.9 Å². The molecule has 0 saturated heterocycles. The van der Waals surface area contributed by atoms with E-state index in [0.717, 1.165) is 96.6 Å². The Labute approximate surface area is 466 Å². The van der Waals surface area contributed by atoms with Crippen LogP contribution in [0, 0.1) is 0 Å². The van der Waals surface area contributed by atoms with Gasteiger partial charge in [-0.15, -0.1) is 0 Å². The number of hydrogen-bond acceptors (Lipinski definition) is 4. The molecule has 4 heteroatoms. The second-order valence-corrected chi connectivity index (χ2v) is 23.1. The van der Waals surface area contributed by atoms with Crippen molar-refractivity contribution >= 4 is 61.1 Å². The number of anilines is 5. The lowest BCUT2D eigenvalue weighted by Gasteiger charge is -2.29. The van der Waals surface area contributed by atoms with Gasteiger partial charge in [0.1, 0.15) is 22.7 Å². The zero-order chi connectivity index (χ0) is 53.4. The Morgan fingerprint density at radius 2 is 0.912 bits per heavy atom. The minimum Gasteiger partial charge on any atom is -0.456 e. The number of para-hydroxylation sites is 1. The van der Waals surface area contributed by atoms with Gasteiger partial charge in [-0.25, -0.2) is 0 Å². The average Bonchev–Trinajstić information content (AvgIpc) is 4.16. The van der Waals surface area contributed by atoms with Crippen molar-refractivity contribution in [3.63, 3.8) is 0 Å². The number of benzene rings is 11. The van der Waals surface area contributed by atoms with Crippen LogP contribution in [0.3, 0.4) is 0 Å². The number of nitrogens with zero attached hydrogens (tertiary/aromatic N) is 2. The number of hydrogen-bond donors (Lipinski definition) is 0. The van der Waals surface area contributed by atoms with Gasteiger partial charge in [-0.1, -0.05) is 167 Å². The maximum Gasteiger partial charge on any atom is 0.137 e. The number of fused-ring (bicyclic) bond motifs is 12. The minimum absolute atomic E-state index is 0.0538. The van der Waals surface area contributed by atoms with E-state index in [-0.39, 0.29) is 10.8 Å². The fourth-order valence-electron chi connectivity index (χ4n) is 13.9. The Kier molecular flexibility index (Phi) is 10.1. The molecule has 0 bridgehead atoms. The van der Waals surface area contributed by atoms with Crippen molar-refractivity contribution in [2.24, 2.45) is 0 Å². The van der Waals surface area contributed by atoms with Crippen LogP contribution in [0.2, 0.25) is 0 Å². The Morgan fingerprint density at radius 3 is 1.56 bits per heavy atom. The van der Waals surface area contributed by atoms with Crippen LogP contribution in [0.5, 0.6) is 11.5 Å². The minimum atomic E-state index is -0.0609. The highest BCUT2D eigenvalue weighted by molar-refractivity contribution is 6.24. The molecule has 382 valence electrons. The van der Waals surface area contributed by atoms with E-state index in [0.29, 0.717) is 0 Å². The van der Waals surface area contributed by atoms with Crippen LogP contribution in [0.25, 0.3) is 88.3 Å². The summed E-state index contributed by atoms with van der Waals surface area (Å²) in [6.07, 6.45) is 8.62. The van der Waals surface area contributed by atoms with Gasteiger partial charge in [-0.2, -0.15) is 0 Å². The van der Waals surface area contributed by atoms with E-state index in [1.807, 2.05) is 0 Å². The van der Waals surface area contributed by atoms with Crippen molar-refractivity contribution in [3.8, 4) is 67.1 Å². The molecule has 0 fully saturated rings. The molecular formula is C76H56N2O2. The molecule has 0 radical (unpaired) electrons. The molecule has 12 aromatic rings.